The molecule has 0 unspecified atom stereocenters. The largest absolute Gasteiger partial charge is 0.468 e. The smallest absolute Gasteiger partial charge is 0.407 e. The third-order valence-electron chi connectivity index (χ3n) is 2.98. The number of benzene rings is 1. The number of para-hydroxylation sites is 1. The van der Waals surface area contributed by atoms with Gasteiger partial charge in [-0.15, -0.1) is 0 Å². The second-order valence-corrected chi connectivity index (χ2v) is 7.99. The van der Waals surface area contributed by atoms with E-state index < -0.39 is 55.8 Å². The van der Waals surface area contributed by atoms with Crippen LogP contribution in [0.25, 0.3) is 0 Å². The van der Waals surface area contributed by atoms with Gasteiger partial charge in [0.1, 0.15) is 11.6 Å². The maximum Gasteiger partial charge on any atom is 0.407 e. The summed E-state index contributed by atoms with van der Waals surface area (Å²) in [6.45, 7) is 4.40. The van der Waals surface area contributed by atoms with Crippen molar-refractivity contribution in [2.45, 2.75) is 37.3 Å². The first-order valence-electron chi connectivity index (χ1n) is 7.68. The van der Waals surface area contributed by atoms with Gasteiger partial charge in [-0.2, -0.15) is 4.72 Å². The van der Waals surface area contributed by atoms with Crippen molar-refractivity contribution < 1.29 is 32.4 Å². The van der Waals surface area contributed by atoms with Gasteiger partial charge >= 0.3 is 12.1 Å². The van der Waals surface area contributed by atoms with Crippen LogP contribution >= 0.6 is 0 Å². The number of amides is 1. The number of nitro benzene ring substituents is 1. The number of methoxy groups -OCH3 is 1. The van der Waals surface area contributed by atoms with Gasteiger partial charge in [0, 0.05) is 12.6 Å². The molecule has 150 valence electrons. The van der Waals surface area contributed by atoms with E-state index >= 15 is 0 Å². The molecule has 1 rings (SSSR count). The number of rotatable bonds is 7. The first-order chi connectivity index (χ1) is 12.4. The van der Waals surface area contributed by atoms with Crippen LogP contribution in [0.15, 0.2) is 29.2 Å². The van der Waals surface area contributed by atoms with Crippen molar-refractivity contribution >= 4 is 27.8 Å². The minimum Gasteiger partial charge on any atom is -0.468 e. The zero-order chi connectivity index (χ0) is 20.8. The van der Waals surface area contributed by atoms with Crippen LogP contribution in [0.3, 0.4) is 0 Å². The molecule has 0 heterocycles. The minimum absolute atomic E-state index is 0.485. The van der Waals surface area contributed by atoms with Crippen LogP contribution in [0.5, 0.6) is 0 Å². The normalized spacial score (nSPS) is 12.7. The van der Waals surface area contributed by atoms with Crippen molar-refractivity contribution in [1.29, 1.82) is 0 Å². The van der Waals surface area contributed by atoms with Gasteiger partial charge in [-0.1, -0.05) is 12.1 Å². The first-order valence-corrected chi connectivity index (χ1v) is 9.16. The molecule has 0 saturated carbocycles. The number of esters is 1. The van der Waals surface area contributed by atoms with E-state index in [9.17, 15) is 28.1 Å². The minimum atomic E-state index is -4.46. The maximum absolute atomic E-state index is 12.5. The zero-order valence-corrected chi connectivity index (χ0v) is 16.0. The van der Waals surface area contributed by atoms with Gasteiger partial charge in [-0.05, 0) is 26.8 Å². The molecule has 1 amide bonds. The van der Waals surface area contributed by atoms with Crippen molar-refractivity contribution in [2.75, 3.05) is 13.7 Å². The number of nitrogens with zero attached hydrogens (tertiary/aromatic N) is 1. The van der Waals surface area contributed by atoms with E-state index in [1.54, 1.807) is 20.8 Å². The lowest BCUT2D eigenvalue weighted by Gasteiger charge is -2.21. The molecule has 0 spiro atoms. The highest BCUT2D eigenvalue weighted by Gasteiger charge is 2.31. The van der Waals surface area contributed by atoms with Crippen LogP contribution in [-0.2, 0) is 24.3 Å². The Labute approximate surface area is 156 Å². The standard InChI is InChI=1S/C15H21N3O8S/c1-15(2,3)26-14(20)16-9-10(13(19)25-4)17-27(23,24)12-8-6-5-7-11(12)18(21)22/h5-8,10,17H,9H2,1-4H3,(H,16,20)/t10-/m1/s1. The number of sulfonamides is 1. The van der Waals surface area contributed by atoms with Crippen molar-refractivity contribution in [3.05, 3.63) is 34.4 Å². The average Bonchev–Trinajstić information content (AvgIpc) is 2.56. The highest BCUT2D eigenvalue weighted by atomic mass is 32.2. The summed E-state index contributed by atoms with van der Waals surface area (Å²) in [7, 11) is -3.43. The maximum atomic E-state index is 12.5. The fraction of sp³-hybridized carbons (Fsp3) is 0.467. The molecule has 1 atom stereocenters. The summed E-state index contributed by atoms with van der Waals surface area (Å²) in [5.74, 6) is -0.992. The first kappa shape index (κ1) is 22.3. The van der Waals surface area contributed by atoms with E-state index in [1.807, 2.05) is 4.72 Å². The fourth-order valence-electron chi connectivity index (χ4n) is 1.90. The molecular weight excluding hydrogens is 382 g/mol. The summed E-state index contributed by atoms with van der Waals surface area (Å²) >= 11 is 0. The second kappa shape index (κ2) is 8.77. The van der Waals surface area contributed by atoms with Gasteiger partial charge in [0.2, 0.25) is 10.0 Å². The molecule has 0 bridgehead atoms. The molecule has 0 aliphatic rings. The predicted octanol–water partition coefficient (Wildman–Crippen LogP) is 0.939. The van der Waals surface area contributed by atoms with Gasteiger partial charge in [0.25, 0.3) is 5.69 Å². The number of ether oxygens (including phenoxy) is 2. The molecule has 0 fully saturated rings. The molecule has 0 aromatic heterocycles. The second-order valence-electron chi connectivity index (χ2n) is 6.30. The Balaban J connectivity index is 3.01. The van der Waals surface area contributed by atoms with Crippen LogP contribution in [-0.4, -0.2) is 50.7 Å². The van der Waals surface area contributed by atoms with Crippen molar-refractivity contribution in [1.82, 2.24) is 10.0 Å². The highest BCUT2D eigenvalue weighted by Crippen LogP contribution is 2.22. The lowest BCUT2D eigenvalue weighted by molar-refractivity contribution is -0.387. The topological polar surface area (TPSA) is 154 Å². The molecule has 0 radical (unpaired) electrons. The molecule has 12 heteroatoms. The molecule has 0 aliphatic heterocycles. The zero-order valence-electron chi connectivity index (χ0n) is 15.2. The van der Waals surface area contributed by atoms with E-state index in [-0.39, 0.29) is 0 Å². The third-order valence-corrected chi connectivity index (χ3v) is 4.50. The lowest BCUT2D eigenvalue weighted by Crippen LogP contribution is -2.49. The van der Waals surface area contributed by atoms with Gasteiger partial charge in [0.05, 0.1) is 12.0 Å². The molecule has 27 heavy (non-hydrogen) atoms. The number of nitrogens with one attached hydrogen (secondary N) is 2. The lowest BCUT2D eigenvalue weighted by atomic mass is 10.2. The highest BCUT2D eigenvalue weighted by molar-refractivity contribution is 7.89. The molecule has 1 aromatic carbocycles. The Morgan fingerprint density at radius 3 is 2.37 bits per heavy atom. The van der Waals surface area contributed by atoms with Crippen molar-refractivity contribution in [3.63, 3.8) is 0 Å². The SMILES string of the molecule is COC(=O)[C@@H](CNC(=O)OC(C)(C)C)NS(=O)(=O)c1ccccc1[N+](=O)[O-]. The van der Waals surface area contributed by atoms with E-state index in [0.717, 1.165) is 19.2 Å². The number of carbonyl (C=O) groups is 2. The Bertz CT molecular complexity index is 817. The monoisotopic (exact) mass is 403 g/mol. The quantitative estimate of drug-likeness (QED) is 0.387. The fourth-order valence-corrected chi connectivity index (χ4v) is 3.26. The Kier molecular flexibility index (Phi) is 7.25. The summed E-state index contributed by atoms with van der Waals surface area (Å²) in [6, 6.07) is 3.12. The van der Waals surface area contributed by atoms with Gasteiger partial charge in [0.15, 0.2) is 4.90 Å². The van der Waals surface area contributed by atoms with E-state index in [4.69, 9.17) is 4.74 Å². The predicted molar refractivity (Wildman–Crippen MR) is 93.5 cm³/mol. The van der Waals surface area contributed by atoms with Gasteiger partial charge in [-0.3, -0.25) is 14.9 Å². The third kappa shape index (κ3) is 6.83. The number of carbonyl (C=O) groups excluding carboxylic acids is 2. The van der Waals surface area contributed by atoms with E-state index in [1.165, 1.54) is 12.1 Å². The molecule has 11 nitrogen and oxygen atoms in total. The summed E-state index contributed by atoms with van der Waals surface area (Å²) in [5, 5.41) is 13.3. The van der Waals surface area contributed by atoms with Gasteiger partial charge in [-0.25, -0.2) is 13.2 Å². The number of hydrogen-bond donors (Lipinski definition) is 2. The number of nitro groups is 1. The Hall–Kier alpha value is -2.73. The van der Waals surface area contributed by atoms with E-state index in [2.05, 4.69) is 10.1 Å². The summed E-state index contributed by atoms with van der Waals surface area (Å²) < 4.78 is 36.5. The Morgan fingerprint density at radius 1 is 1.26 bits per heavy atom. The summed E-state index contributed by atoms with van der Waals surface area (Å²) in [4.78, 5) is 33.1. The van der Waals surface area contributed by atoms with Crippen LogP contribution in [0.2, 0.25) is 0 Å². The molecule has 1 aromatic rings. The van der Waals surface area contributed by atoms with Crippen molar-refractivity contribution in [3.8, 4) is 0 Å². The van der Waals surface area contributed by atoms with Gasteiger partial charge < -0.3 is 14.8 Å². The summed E-state index contributed by atoms with van der Waals surface area (Å²) in [6.07, 6.45) is -0.874. The molecule has 0 aliphatic carbocycles. The van der Waals surface area contributed by atoms with E-state index in [0.29, 0.717) is 0 Å². The summed E-state index contributed by atoms with van der Waals surface area (Å²) in [5.41, 5.74) is -1.46. The van der Waals surface area contributed by atoms with Crippen LogP contribution in [0.4, 0.5) is 10.5 Å². The van der Waals surface area contributed by atoms with Crippen LogP contribution < -0.4 is 10.0 Å². The van der Waals surface area contributed by atoms with Crippen molar-refractivity contribution in [2.24, 2.45) is 0 Å². The number of hydrogen-bond acceptors (Lipinski definition) is 8. The average molecular weight is 403 g/mol. The molecule has 0 saturated heterocycles. The van der Waals surface area contributed by atoms with Crippen LogP contribution in [0.1, 0.15) is 20.8 Å². The van der Waals surface area contributed by atoms with Crippen LogP contribution in [0, 0.1) is 10.1 Å². The number of alkyl carbamates (subject to hydrolysis) is 1. The molecular formula is C15H21N3O8S. The molecule has 2 N–H and O–H groups in total. The Morgan fingerprint density at radius 2 is 1.85 bits per heavy atom.